The number of carbonyl (C=O) groups is 2. The highest BCUT2D eigenvalue weighted by Gasteiger charge is 2.33. The summed E-state index contributed by atoms with van der Waals surface area (Å²) in [5, 5.41) is 11.4. The number of aryl methyl sites for hydroxylation is 1. The van der Waals surface area contributed by atoms with Crippen LogP contribution >= 0.6 is 0 Å². The van der Waals surface area contributed by atoms with Crippen LogP contribution in [0.3, 0.4) is 0 Å². The molecule has 0 aliphatic carbocycles. The number of aromatic nitrogens is 3. The van der Waals surface area contributed by atoms with Gasteiger partial charge in [0.15, 0.2) is 5.82 Å². The van der Waals surface area contributed by atoms with Crippen molar-refractivity contribution < 1.29 is 9.59 Å². The number of fused-ring (bicyclic) bond motifs is 1. The van der Waals surface area contributed by atoms with E-state index in [2.05, 4.69) is 20.1 Å². The average Bonchev–Trinajstić information content (AvgIpc) is 3.09. The Balaban J connectivity index is 1.68. The zero-order valence-electron chi connectivity index (χ0n) is 15.8. The molecular formula is C18H30N6O2. The molecule has 8 heteroatoms. The first-order valence-corrected chi connectivity index (χ1v) is 9.73. The fraction of sp³-hybridized carbons (Fsp3) is 0.778. The highest BCUT2D eigenvalue weighted by molar-refractivity contribution is 5.87. The lowest BCUT2D eigenvalue weighted by molar-refractivity contribution is -0.136. The maximum atomic E-state index is 12.8. The van der Waals surface area contributed by atoms with Gasteiger partial charge in [0.05, 0.1) is 18.6 Å². The average molecular weight is 362 g/mol. The third-order valence-electron chi connectivity index (χ3n) is 5.44. The van der Waals surface area contributed by atoms with Gasteiger partial charge in [-0.15, -0.1) is 10.2 Å². The number of amides is 2. The fourth-order valence-corrected chi connectivity index (χ4v) is 3.76. The number of rotatable bonds is 5. The first-order valence-electron chi connectivity index (χ1n) is 9.73. The van der Waals surface area contributed by atoms with Crippen molar-refractivity contribution in [3.8, 4) is 0 Å². The Kier molecular flexibility index (Phi) is 5.90. The molecule has 1 fully saturated rings. The van der Waals surface area contributed by atoms with Gasteiger partial charge in [0, 0.05) is 19.5 Å². The van der Waals surface area contributed by atoms with Crippen molar-refractivity contribution in [2.45, 2.75) is 71.0 Å². The molecule has 2 aliphatic rings. The topological polar surface area (TPSA) is 106 Å². The van der Waals surface area contributed by atoms with Crippen molar-refractivity contribution >= 4 is 11.8 Å². The summed E-state index contributed by atoms with van der Waals surface area (Å²) in [6.07, 6.45) is 6.17. The first-order chi connectivity index (χ1) is 12.5. The quantitative estimate of drug-likeness (QED) is 0.805. The second kappa shape index (κ2) is 8.16. The number of likely N-dealkylation sites (tertiary alicyclic amines) is 1. The van der Waals surface area contributed by atoms with E-state index in [1.165, 1.54) is 0 Å². The summed E-state index contributed by atoms with van der Waals surface area (Å²) >= 11 is 0. The molecule has 26 heavy (non-hydrogen) atoms. The smallest absolute Gasteiger partial charge is 0.242 e. The van der Waals surface area contributed by atoms with E-state index >= 15 is 0 Å². The Morgan fingerprint density at radius 2 is 1.96 bits per heavy atom. The Labute approximate surface area is 154 Å². The van der Waals surface area contributed by atoms with Gasteiger partial charge in [-0.2, -0.15) is 0 Å². The molecule has 2 atom stereocenters. The van der Waals surface area contributed by atoms with Crippen LogP contribution in [0.4, 0.5) is 0 Å². The van der Waals surface area contributed by atoms with Crippen LogP contribution in [0.25, 0.3) is 0 Å². The molecular weight excluding hydrogens is 332 g/mol. The van der Waals surface area contributed by atoms with Gasteiger partial charge in [-0.05, 0) is 38.0 Å². The minimum Gasteiger partial charge on any atom is -0.346 e. The van der Waals surface area contributed by atoms with Gasteiger partial charge in [-0.25, -0.2) is 0 Å². The van der Waals surface area contributed by atoms with E-state index in [9.17, 15) is 9.59 Å². The number of piperidine rings is 1. The number of carbonyl (C=O) groups excluding carboxylic acids is 2. The standard InChI is InChI=1S/C18H30N6O2/c1-12(2)16(19)18(26)20-11-15(25)23-9-5-3-7-13(23)17-22-21-14-8-4-6-10-24(14)17/h12-13,16H,3-11,19H2,1-2H3,(H,20,26)/t13?,16-/m0/s1. The molecule has 0 aromatic carbocycles. The highest BCUT2D eigenvalue weighted by atomic mass is 16.2. The normalized spacial score (nSPS) is 21.4. The Hall–Kier alpha value is -1.96. The van der Waals surface area contributed by atoms with Crippen molar-refractivity contribution in [1.82, 2.24) is 25.0 Å². The zero-order valence-corrected chi connectivity index (χ0v) is 15.8. The second-order valence-electron chi connectivity index (χ2n) is 7.67. The third kappa shape index (κ3) is 3.90. The first kappa shape index (κ1) is 18.8. The number of nitrogens with one attached hydrogen (secondary N) is 1. The summed E-state index contributed by atoms with van der Waals surface area (Å²) in [7, 11) is 0. The van der Waals surface area contributed by atoms with Crippen molar-refractivity contribution in [2.75, 3.05) is 13.1 Å². The van der Waals surface area contributed by atoms with E-state index < -0.39 is 6.04 Å². The van der Waals surface area contributed by atoms with Crippen LogP contribution in [-0.2, 0) is 22.6 Å². The summed E-state index contributed by atoms with van der Waals surface area (Å²) in [6.45, 7) is 5.38. The number of hydrogen-bond donors (Lipinski definition) is 2. The predicted octanol–water partition coefficient (Wildman–Crippen LogP) is 0.768. The molecule has 1 aromatic rings. The van der Waals surface area contributed by atoms with Crippen LogP contribution in [-0.4, -0.2) is 50.6 Å². The second-order valence-corrected chi connectivity index (χ2v) is 7.67. The molecule has 3 rings (SSSR count). The Morgan fingerprint density at radius 3 is 2.73 bits per heavy atom. The largest absolute Gasteiger partial charge is 0.346 e. The SMILES string of the molecule is CC(C)[C@H](N)C(=O)NCC(=O)N1CCCCC1c1nnc2n1CCCC2. The molecule has 144 valence electrons. The van der Waals surface area contributed by atoms with Crippen LogP contribution < -0.4 is 11.1 Å². The zero-order chi connectivity index (χ0) is 18.7. The van der Waals surface area contributed by atoms with Gasteiger partial charge in [-0.1, -0.05) is 13.8 Å². The monoisotopic (exact) mass is 362 g/mol. The van der Waals surface area contributed by atoms with Crippen molar-refractivity contribution in [3.63, 3.8) is 0 Å². The lowest BCUT2D eigenvalue weighted by Crippen LogP contribution is -2.49. The van der Waals surface area contributed by atoms with Gasteiger partial charge in [0.1, 0.15) is 5.82 Å². The van der Waals surface area contributed by atoms with E-state index in [1.54, 1.807) is 0 Å². The summed E-state index contributed by atoms with van der Waals surface area (Å²) < 4.78 is 2.19. The van der Waals surface area contributed by atoms with Gasteiger partial charge in [0.2, 0.25) is 11.8 Å². The van der Waals surface area contributed by atoms with Crippen molar-refractivity contribution in [2.24, 2.45) is 11.7 Å². The molecule has 1 unspecified atom stereocenters. The van der Waals surface area contributed by atoms with Crippen molar-refractivity contribution in [1.29, 1.82) is 0 Å². The minimum atomic E-state index is -0.594. The molecule has 0 radical (unpaired) electrons. The highest BCUT2D eigenvalue weighted by Crippen LogP contribution is 2.31. The number of hydrogen-bond acceptors (Lipinski definition) is 5. The molecule has 1 aromatic heterocycles. The summed E-state index contributed by atoms with van der Waals surface area (Å²) in [5.41, 5.74) is 5.85. The Bertz CT molecular complexity index is 656. The molecule has 1 saturated heterocycles. The van der Waals surface area contributed by atoms with Crippen LogP contribution in [0.5, 0.6) is 0 Å². The third-order valence-corrected chi connectivity index (χ3v) is 5.44. The summed E-state index contributed by atoms with van der Waals surface area (Å²) in [6, 6.07) is -0.644. The van der Waals surface area contributed by atoms with E-state index in [-0.39, 0.29) is 30.3 Å². The number of nitrogens with zero attached hydrogens (tertiary/aromatic N) is 4. The molecule has 8 nitrogen and oxygen atoms in total. The van der Waals surface area contributed by atoms with E-state index in [0.717, 1.165) is 56.7 Å². The molecule has 3 N–H and O–H groups in total. The molecule has 0 saturated carbocycles. The van der Waals surface area contributed by atoms with E-state index in [1.807, 2.05) is 18.7 Å². The predicted molar refractivity (Wildman–Crippen MR) is 97.1 cm³/mol. The maximum Gasteiger partial charge on any atom is 0.242 e. The lowest BCUT2D eigenvalue weighted by Gasteiger charge is -2.35. The van der Waals surface area contributed by atoms with Crippen LogP contribution in [0.1, 0.15) is 63.6 Å². The van der Waals surface area contributed by atoms with Gasteiger partial charge in [0.25, 0.3) is 0 Å². The molecule has 3 heterocycles. The summed E-state index contributed by atoms with van der Waals surface area (Å²) in [4.78, 5) is 26.7. The molecule has 0 spiro atoms. The minimum absolute atomic E-state index is 0.0171. The summed E-state index contributed by atoms with van der Waals surface area (Å²) in [5.74, 6) is 1.61. The van der Waals surface area contributed by atoms with Gasteiger partial charge in [-0.3, -0.25) is 9.59 Å². The van der Waals surface area contributed by atoms with Gasteiger partial charge >= 0.3 is 0 Å². The fourth-order valence-electron chi connectivity index (χ4n) is 3.76. The molecule has 2 aliphatic heterocycles. The van der Waals surface area contributed by atoms with Gasteiger partial charge < -0.3 is 20.5 Å². The van der Waals surface area contributed by atoms with E-state index in [4.69, 9.17) is 5.73 Å². The lowest BCUT2D eigenvalue weighted by atomic mass is 10.0. The Morgan fingerprint density at radius 1 is 1.19 bits per heavy atom. The number of nitrogens with two attached hydrogens (primary N) is 1. The van der Waals surface area contributed by atoms with Crippen molar-refractivity contribution in [3.05, 3.63) is 11.6 Å². The van der Waals surface area contributed by atoms with Crippen LogP contribution in [0.15, 0.2) is 0 Å². The maximum absolute atomic E-state index is 12.8. The van der Waals surface area contributed by atoms with Crippen LogP contribution in [0, 0.1) is 5.92 Å². The van der Waals surface area contributed by atoms with Crippen LogP contribution in [0.2, 0.25) is 0 Å². The molecule has 0 bridgehead atoms. The molecule has 2 amide bonds. The van der Waals surface area contributed by atoms with E-state index in [0.29, 0.717) is 6.54 Å².